The largest absolute Gasteiger partial charge is 0.350 e. The van der Waals surface area contributed by atoms with Crippen molar-refractivity contribution in [2.75, 3.05) is 13.2 Å². The molecular formula is C10H22NO3P. The SMILES string of the molecule is CCOP(=O)(OCC)[C@@]1(C)CC[C@@H](C)N1. The monoisotopic (exact) mass is 235 g/mol. The van der Waals surface area contributed by atoms with Crippen molar-refractivity contribution in [3.63, 3.8) is 0 Å². The summed E-state index contributed by atoms with van der Waals surface area (Å²) in [4.78, 5) is 0. The summed E-state index contributed by atoms with van der Waals surface area (Å²) in [6.45, 7) is 8.54. The lowest BCUT2D eigenvalue weighted by atomic mass is 10.2. The molecule has 1 heterocycles. The van der Waals surface area contributed by atoms with Crippen molar-refractivity contribution >= 4 is 7.60 Å². The van der Waals surface area contributed by atoms with E-state index in [1.807, 2.05) is 20.8 Å². The highest BCUT2D eigenvalue weighted by molar-refractivity contribution is 7.55. The molecule has 0 saturated carbocycles. The molecular weight excluding hydrogens is 213 g/mol. The molecule has 90 valence electrons. The van der Waals surface area contributed by atoms with Crippen LogP contribution in [0.3, 0.4) is 0 Å². The van der Waals surface area contributed by atoms with Crippen LogP contribution >= 0.6 is 7.60 Å². The van der Waals surface area contributed by atoms with Crippen LogP contribution in [0.25, 0.3) is 0 Å². The van der Waals surface area contributed by atoms with Gasteiger partial charge in [-0.3, -0.25) is 9.88 Å². The van der Waals surface area contributed by atoms with Gasteiger partial charge >= 0.3 is 7.60 Å². The number of hydrogen-bond acceptors (Lipinski definition) is 4. The zero-order chi connectivity index (χ0) is 11.5. The lowest BCUT2D eigenvalue weighted by Crippen LogP contribution is -2.40. The van der Waals surface area contributed by atoms with Gasteiger partial charge in [-0.25, -0.2) is 0 Å². The number of rotatable bonds is 5. The van der Waals surface area contributed by atoms with Gasteiger partial charge in [0, 0.05) is 6.04 Å². The summed E-state index contributed by atoms with van der Waals surface area (Å²) in [7, 11) is -3.03. The predicted octanol–water partition coefficient (Wildman–Crippen LogP) is 2.74. The van der Waals surface area contributed by atoms with Gasteiger partial charge in [-0.05, 0) is 40.5 Å². The Labute approximate surface area is 92.3 Å². The van der Waals surface area contributed by atoms with Gasteiger partial charge < -0.3 is 9.05 Å². The van der Waals surface area contributed by atoms with Gasteiger partial charge in [0.15, 0.2) is 0 Å². The lowest BCUT2D eigenvalue weighted by Gasteiger charge is -2.33. The first-order chi connectivity index (χ1) is 6.97. The van der Waals surface area contributed by atoms with Gasteiger partial charge in [0.2, 0.25) is 0 Å². The maximum Gasteiger partial charge on any atom is 0.350 e. The van der Waals surface area contributed by atoms with E-state index in [0.29, 0.717) is 19.3 Å². The minimum atomic E-state index is -3.03. The molecule has 1 N–H and O–H groups in total. The molecule has 0 radical (unpaired) electrons. The first kappa shape index (κ1) is 13.2. The minimum Gasteiger partial charge on any atom is -0.308 e. The Bertz CT molecular complexity index is 249. The lowest BCUT2D eigenvalue weighted by molar-refractivity contribution is 0.193. The summed E-state index contributed by atoms with van der Waals surface area (Å²) >= 11 is 0. The molecule has 1 saturated heterocycles. The Hall–Kier alpha value is 0.110. The van der Waals surface area contributed by atoms with Gasteiger partial charge in [0.1, 0.15) is 5.28 Å². The Kier molecular flexibility index (Phi) is 4.36. The first-order valence-electron chi connectivity index (χ1n) is 5.64. The Balaban J connectivity index is 2.83. The van der Waals surface area contributed by atoms with Crippen LogP contribution in [0, 0.1) is 0 Å². The van der Waals surface area contributed by atoms with E-state index in [1.165, 1.54) is 0 Å². The van der Waals surface area contributed by atoms with Crippen LogP contribution in [0.2, 0.25) is 0 Å². The van der Waals surface area contributed by atoms with Crippen LogP contribution in [0.5, 0.6) is 0 Å². The molecule has 1 aliphatic heterocycles. The second-order valence-electron chi connectivity index (χ2n) is 4.19. The summed E-state index contributed by atoms with van der Waals surface area (Å²) in [5.41, 5.74) is 0. The fraction of sp³-hybridized carbons (Fsp3) is 1.00. The molecule has 0 aromatic rings. The molecule has 4 nitrogen and oxygen atoms in total. The molecule has 1 aliphatic rings. The third-order valence-corrected chi connectivity index (χ3v) is 5.58. The zero-order valence-electron chi connectivity index (χ0n) is 10.1. The van der Waals surface area contributed by atoms with E-state index in [1.54, 1.807) is 0 Å². The predicted molar refractivity (Wildman–Crippen MR) is 61.1 cm³/mol. The molecule has 0 aromatic heterocycles. The van der Waals surface area contributed by atoms with Crippen LogP contribution in [0.4, 0.5) is 0 Å². The van der Waals surface area contributed by atoms with E-state index in [9.17, 15) is 4.57 Å². The van der Waals surface area contributed by atoms with E-state index in [2.05, 4.69) is 12.2 Å². The quantitative estimate of drug-likeness (QED) is 0.744. The molecule has 0 bridgehead atoms. The highest BCUT2D eigenvalue weighted by Crippen LogP contribution is 2.62. The average molecular weight is 235 g/mol. The van der Waals surface area contributed by atoms with E-state index < -0.39 is 12.9 Å². The van der Waals surface area contributed by atoms with Crippen molar-refractivity contribution in [2.24, 2.45) is 0 Å². The third-order valence-electron chi connectivity index (χ3n) is 2.82. The van der Waals surface area contributed by atoms with Gasteiger partial charge in [-0.1, -0.05) is 0 Å². The summed E-state index contributed by atoms with van der Waals surface area (Å²) in [6.07, 6.45) is 1.85. The molecule has 1 fully saturated rings. The van der Waals surface area contributed by atoms with E-state index in [0.717, 1.165) is 12.8 Å². The molecule has 0 spiro atoms. The standard InChI is InChI=1S/C10H22NO3P/c1-5-13-15(12,14-6-2)10(4)8-7-9(3)11-10/h9,11H,5-8H2,1-4H3/t9-,10+/m1/s1. The van der Waals surface area contributed by atoms with Crippen LogP contribution < -0.4 is 5.32 Å². The zero-order valence-corrected chi connectivity index (χ0v) is 11.0. The first-order valence-corrected chi connectivity index (χ1v) is 7.18. The highest BCUT2D eigenvalue weighted by Gasteiger charge is 2.50. The highest BCUT2D eigenvalue weighted by atomic mass is 31.2. The third kappa shape index (κ3) is 2.62. The molecule has 0 aromatic carbocycles. The second-order valence-corrected chi connectivity index (χ2v) is 6.69. The van der Waals surface area contributed by atoms with E-state index >= 15 is 0 Å². The smallest absolute Gasteiger partial charge is 0.308 e. The fourth-order valence-corrected chi connectivity index (χ4v) is 4.16. The van der Waals surface area contributed by atoms with Crippen molar-refractivity contribution in [2.45, 2.75) is 51.9 Å². The fourth-order valence-electron chi connectivity index (χ4n) is 2.05. The Morgan fingerprint density at radius 3 is 2.27 bits per heavy atom. The van der Waals surface area contributed by atoms with Gasteiger partial charge in [0.05, 0.1) is 13.2 Å². The van der Waals surface area contributed by atoms with Crippen molar-refractivity contribution in [3.05, 3.63) is 0 Å². The molecule has 1 rings (SSSR count). The van der Waals surface area contributed by atoms with Crippen LogP contribution in [0.15, 0.2) is 0 Å². The van der Waals surface area contributed by atoms with Gasteiger partial charge in [-0.15, -0.1) is 0 Å². The minimum absolute atomic E-state index is 0.379. The Morgan fingerprint density at radius 2 is 1.93 bits per heavy atom. The van der Waals surface area contributed by atoms with Crippen LogP contribution in [0.1, 0.15) is 40.5 Å². The van der Waals surface area contributed by atoms with Gasteiger partial charge in [0.25, 0.3) is 0 Å². The average Bonchev–Trinajstić information content (AvgIpc) is 2.49. The van der Waals surface area contributed by atoms with Crippen molar-refractivity contribution in [3.8, 4) is 0 Å². The number of nitrogens with one attached hydrogen (secondary N) is 1. The second kappa shape index (κ2) is 4.96. The molecule has 0 aliphatic carbocycles. The maximum absolute atomic E-state index is 12.6. The van der Waals surface area contributed by atoms with Crippen molar-refractivity contribution in [1.29, 1.82) is 0 Å². The topological polar surface area (TPSA) is 47.6 Å². The molecule has 5 heteroatoms. The number of hydrogen-bond donors (Lipinski definition) is 1. The molecule has 2 atom stereocenters. The normalized spacial score (nSPS) is 32.1. The molecule has 0 unspecified atom stereocenters. The van der Waals surface area contributed by atoms with Crippen molar-refractivity contribution < 1.29 is 13.6 Å². The van der Waals surface area contributed by atoms with Crippen molar-refractivity contribution in [1.82, 2.24) is 5.32 Å². The van der Waals surface area contributed by atoms with Gasteiger partial charge in [-0.2, -0.15) is 0 Å². The maximum atomic E-state index is 12.6. The van der Waals surface area contributed by atoms with Crippen LogP contribution in [-0.2, 0) is 13.6 Å². The van der Waals surface area contributed by atoms with Crippen LogP contribution in [-0.4, -0.2) is 24.5 Å². The summed E-state index contributed by atoms with van der Waals surface area (Å²) in [5.74, 6) is 0. The molecule has 0 amide bonds. The summed E-state index contributed by atoms with van der Waals surface area (Å²) in [5, 5.41) is 2.81. The van der Waals surface area contributed by atoms with E-state index in [-0.39, 0.29) is 0 Å². The van der Waals surface area contributed by atoms with E-state index in [4.69, 9.17) is 9.05 Å². The summed E-state index contributed by atoms with van der Waals surface area (Å²) in [6, 6.07) is 0.379. The Morgan fingerprint density at radius 1 is 1.40 bits per heavy atom. The summed E-state index contributed by atoms with van der Waals surface area (Å²) < 4.78 is 23.3. The molecule has 15 heavy (non-hydrogen) atoms.